The highest BCUT2D eigenvalue weighted by atomic mass is 32.1. The summed E-state index contributed by atoms with van der Waals surface area (Å²) < 4.78 is 38.7. The first-order valence-corrected chi connectivity index (χ1v) is 7.88. The largest absolute Gasteiger partial charge is 0.417 e. The van der Waals surface area contributed by atoms with Crippen LogP contribution < -0.4 is 10.9 Å². The molecule has 0 spiro atoms. The summed E-state index contributed by atoms with van der Waals surface area (Å²) in [5.74, 6) is -0.619. The zero-order valence-corrected chi connectivity index (χ0v) is 14.1. The van der Waals surface area contributed by atoms with Crippen LogP contribution in [0.1, 0.15) is 32.0 Å². The van der Waals surface area contributed by atoms with E-state index in [1.165, 1.54) is 11.3 Å². The minimum Gasteiger partial charge on any atom is -0.305 e. The first kappa shape index (κ1) is 18.2. The normalized spacial score (nSPS) is 12.2. The van der Waals surface area contributed by atoms with Crippen molar-refractivity contribution in [3.8, 4) is 0 Å². The maximum atomic E-state index is 12.7. The molecule has 2 heterocycles. The van der Waals surface area contributed by atoms with E-state index in [0.717, 1.165) is 16.3 Å². The van der Waals surface area contributed by atoms with Gasteiger partial charge in [0.05, 0.1) is 11.3 Å². The fourth-order valence-corrected chi connectivity index (χ4v) is 2.77. The van der Waals surface area contributed by atoms with E-state index in [1.54, 1.807) is 5.38 Å². The van der Waals surface area contributed by atoms with Gasteiger partial charge in [0.1, 0.15) is 6.54 Å². The number of alkyl halides is 3. The van der Waals surface area contributed by atoms with Crippen LogP contribution in [0.5, 0.6) is 0 Å². The third-order valence-electron chi connectivity index (χ3n) is 3.14. The molecule has 0 saturated carbocycles. The molecule has 2 aromatic heterocycles. The number of hydrogen-bond donors (Lipinski definition) is 1. The number of nitrogens with zero attached hydrogens (tertiary/aromatic N) is 2. The van der Waals surface area contributed by atoms with Crippen molar-refractivity contribution in [1.82, 2.24) is 9.55 Å². The van der Waals surface area contributed by atoms with Crippen LogP contribution in [-0.4, -0.2) is 15.5 Å². The molecule has 130 valence electrons. The fraction of sp³-hybridized carbons (Fsp3) is 0.400. The van der Waals surface area contributed by atoms with Crippen LogP contribution in [0.15, 0.2) is 28.5 Å². The summed E-state index contributed by atoms with van der Waals surface area (Å²) in [4.78, 5) is 27.9. The number of carbonyl (C=O) groups excluding carboxylic acids is 1. The summed E-state index contributed by atoms with van der Waals surface area (Å²) in [6, 6.07) is 1.48. The summed E-state index contributed by atoms with van der Waals surface area (Å²) in [6.45, 7) is 5.38. The van der Waals surface area contributed by atoms with Crippen LogP contribution in [0.3, 0.4) is 0 Å². The number of hydrogen-bond acceptors (Lipinski definition) is 4. The van der Waals surface area contributed by atoms with E-state index in [1.807, 2.05) is 20.8 Å². The molecule has 0 fully saturated rings. The van der Waals surface area contributed by atoms with E-state index in [4.69, 9.17) is 0 Å². The molecule has 2 aromatic rings. The Balaban J connectivity index is 2.13. The molecule has 0 atom stereocenters. The van der Waals surface area contributed by atoms with Crippen molar-refractivity contribution in [3.63, 3.8) is 0 Å². The molecular formula is C15H16F3N3O2S. The average Bonchev–Trinajstić information content (AvgIpc) is 2.88. The third-order valence-corrected chi connectivity index (χ3v) is 3.90. The number of thiazole rings is 1. The molecule has 0 bridgehead atoms. The lowest BCUT2D eigenvalue weighted by atomic mass is 9.93. The van der Waals surface area contributed by atoms with Crippen LogP contribution in [-0.2, 0) is 22.9 Å². The van der Waals surface area contributed by atoms with Gasteiger partial charge in [0.2, 0.25) is 5.91 Å². The van der Waals surface area contributed by atoms with Gasteiger partial charge in [-0.05, 0) is 6.07 Å². The Morgan fingerprint density at radius 1 is 1.29 bits per heavy atom. The van der Waals surface area contributed by atoms with Crippen LogP contribution in [0.25, 0.3) is 0 Å². The smallest absolute Gasteiger partial charge is 0.305 e. The van der Waals surface area contributed by atoms with Gasteiger partial charge in [-0.15, -0.1) is 11.3 Å². The van der Waals surface area contributed by atoms with Crippen molar-refractivity contribution in [2.24, 2.45) is 0 Å². The Hall–Kier alpha value is -2.16. The van der Waals surface area contributed by atoms with Crippen molar-refractivity contribution < 1.29 is 18.0 Å². The molecule has 24 heavy (non-hydrogen) atoms. The SMILES string of the molecule is CC(C)(C)c1csc(NC(=O)Cn2cc(C(F)(F)F)ccc2=O)n1. The van der Waals surface area contributed by atoms with Gasteiger partial charge < -0.3 is 9.88 Å². The number of amides is 1. The van der Waals surface area contributed by atoms with Crippen LogP contribution in [0.4, 0.5) is 18.3 Å². The van der Waals surface area contributed by atoms with Crippen LogP contribution >= 0.6 is 11.3 Å². The van der Waals surface area contributed by atoms with Crippen molar-refractivity contribution in [1.29, 1.82) is 0 Å². The summed E-state index contributed by atoms with van der Waals surface area (Å²) in [6.07, 6.45) is -3.95. The molecule has 2 rings (SSSR count). The molecule has 5 nitrogen and oxygen atoms in total. The summed E-state index contributed by atoms with van der Waals surface area (Å²) in [5.41, 5.74) is -1.07. The standard InChI is InChI=1S/C15H16F3N3O2S/c1-14(2,3)10-8-24-13(19-10)20-11(22)7-21-6-9(15(16,17)18)4-5-12(21)23/h4-6,8H,7H2,1-3H3,(H,19,20,22). The van der Waals surface area contributed by atoms with Crippen molar-refractivity contribution in [2.75, 3.05) is 5.32 Å². The Morgan fingerprint density at radius 3 is 2.50 bits per heavy atom. The summed E-state index contributed by atoms with van der Waals surface area (Å²) >= 11 is 1.22. The van der Waals surface area contributed by atoms with Crippen LogP contribution in [0.2, 0.25) is 0 Å². The first-order valence-electron chi connectivity index (χ1n) is 7.00. The number of aromatic nitrogens is 2. The van der Waals surface area contributed by atoms with Gasteiger partial charge in [0, 0.05) is 23.1 Å². The van der Waals surface area contributed by atoms with Gasteiger partial charge in [0.15, 0.2) is 5.13 Å². The van der Waals surface area contributed by atoms with E-state index < -0.39 is 29.8 Å². The number of anilines is 1. The van der Waals surface area contributed by atoms with Gasteiger partial charge in [-0.3, -0.25) is 9.59 Å². The molecular weight excluding hydrogens is 343 g/mol. The zero-order chi connectivity index (χ0) is 18.1. The van der Waals surface area contributed by atoms with E-state index in [0.29, 0.717) is 17.4 Å². The molecule has 0 saturated heterocycles. The second kappa shape index (κ2) is 6.39. The lowest BCUT2D eigenvalue weighted by Crippen LogP contribution is -2.28. The average molecular weight is 359 g/mol. The predicted molar refractivity (Wildman–Crippen MR) is 85.1 cm³/mol. The van der Waals surface area contributed by atoms with E-state index in [9.17, 15) is 22.8 Å². The van der Waals surface area contributed by atoms with E-state index in [-0.39, 0.29) is 5.41 Å². The predicted octanol–water partition coefficient (Wildman–Crippen LogP) is 3.26. The fourth-order valence-electron chi connectivity index (χ4n) is 1.81. The molecule has 9 heteroatoms. The highest BCUT2D eigenvalue weighted by molar-refractivity contribution is 7.13. The number of carbonyl (C=O) groups is 1. The maximum absolute atomic E-state index is 12.7. The number of pyridine rings is 1. The van der Waals surface area contributed by atoms with Gasteiger partial charge in [-0.25, -0.2) is 4.98 Å². The minimum absolute atomic E-state index is 0.183. The zero-order valence-electron chi connectivity index (χ0n) is 13.3. The molecule has 0 aliphatic rings. The van der Waals surface area contributed by atoms with Gasteiger partial charge in [-0.2, -0.15) is 13.2 Å². The Kier molecular flexibility index (Phi) is 4.84. The van der Waals surface area contributed by atoms with E-state index in [2.05, 4.69) is 10.3 Å². The molecule has 1 N–H and O–H groups in total. The summed E-state index contributed by atoms with van der Waals surface area (Å²) in [7, 11) is 0. The van der Waals surface area contributed by atoms with Crippen molar-refractivity contribution in [3.05, 3.63) is 45.3 Å². The van der Waals surface area contributed by atoms with Crippen molar-refractivity contribution in [2.45, 2.75) is 38.9 Å². The van der Waals surface area contributed by atoms with Crippen molar-refractivity contribution >= 4 is 22.4 Å². The summed E-state index contributed by atoms with van der Waals surface area (Å²) in [5, 5.41) is 4.63. The second-order valence-electron chi connectivity index (χ2n) is 6.22. The molecule has 0 aromatic carbocycles. The Bertz CT molecular complexity index is 803. The second-order valence-corrected chi connectivity index (χ2v) is 7.08. The molecule has 1 amide bonds. The number of halogens is 3. The van der Waals surface area contributed by atoms with Crippen LogP contribution in [0, 0.1) is 0 Å². The number of rotatable bonds is 3. The minimum atomic E-state index is -4.58. The van der Waals surface area contributed by atoms with Gasteiger partial charge in [-0.1, -0.05) is 20.8 Å². The lowest BCUT2D eigenvalue weighted by molar-refractivity contribution is -0.138. The molecule has 0 aliphatic heterocycles. The monoisotopic (exact) mass is 359 g/mol. The highest BCUT2D eigenvalue weighted by Gasteiger charge is 2.31. The quantitative estimate of drug-likeness (QED) is 0.915. The molecule has 0 unspecified atom stereocenters. The maximum Gasteiger partial charge on any atom is 0.417 e. The molecule has 0 aliphatic carbocycles. The molecule has 0 radical (unpaired) electrons. The lowest BCUT2D eigenvalue weighted by Gasteiger charge is -2.14. The Labute approximate surface area is 140 Å². The highest BCUT2D eigenvalue weighted by Crippen LogP contribution is 2.28. The first-order chi connectivity index (χ1) is 11.0. The van der Waals surface area contributed by atoms with E-state index >= 15 is 0 Å². The van der Waals surface area contributed by atoms with Gasteiger partial charge in [0.25, 0.3) is 5.56 Å². The third kappa shape index (κ3) is 4.44. The van der Waals surface area contributed by atoms with Gasteiger partial charge >= 0.3 is 6.18 Å². The number of nitrogens with one attached hydrogen (secondary N) is 1. The topological polar surface area (TPSA) is 64.0 Å². The Morgan fingerprint density at radius 2 is 1.96 bits per heavy atom.